The van der Waals surface area contributed by atoms with Crippen molar-refractivity contribution in [3.8, 4) is 0 Å². The van der Waals surface area contributed by atoms with Crippen LogP contribution in [0.2, 0.25) is 0 Å². The highest BCUT2D eigenvalue weighted by molar-refractivity contribution is 5.36. The first kappa shape index (κ1) is 8.77. The fourth-order valence-electron chi connectivity index (χ4n) is 0.767. The van der Waals surface area contributed by atoms with Crippen molar-refractivity contribution in [3.05, 3.63) is 12.4 Å². The third-order valence-corrected chi connectivity index (χ3v) is 1.68. The molecule has 0 radical (unpaired) electrons. The Balaban J connectivity index is 2.58. The van der Waals surface area contributed by atoms with Gasteiger partial charge in [0.2, 0.25) is 0 Å². The lowest BCUT2D eigenvalue weighted by atomic mass is 10.3. The molecule has 0 aliphatic carbocycles. The van der Waals surface area contributed by atoms with Crippen molar-refractivity contribution in [3.63, 3.8) is 0 Å². The second kappa shape index (κ2) is 3.90. The summed E-state index contributed by atoms with van der Waals surface area (Å²) in [7, 11) is 0. The van der Waals surface area contributed by atoms with Crippen LogP contribution >= 0.6 is 0 Å². The van der Waals surface area contributed by atoms with Gasteiger partial charge in [-0.1, -0.05) is 6.92 Å². The molecule has 1 aromatic heterocycles. The summed E-state index contributed by atoms with van der Waals surface area (Å²) in [5.74, 6) is 1.23. The lowest BCUT2D eigenvalue weighted by Crippen LogP contribution is -2.14. The maximum absolute atomic E-state index is 5.39. The number of hydrogen-bond acceptors (Lipinski definition) is 4. The quantitative estimate of drug-likeness (QED) is 0.709. The van der Waals surface area contributed by atoms with Gasteiger partial charge < -0.3 is 11.1 Å². The number of aromatic nitrogens is 2. The van der Waals surface area contributed by atoms with Crippen molar-refractivity contribution >= 4 is 11.6 Å². The Bertz CT molecular complexity index is 231. The topological polar surface area (TPSA) is 63.8 Å². The molecule has 1 unspecified atom stereocenters. The van der Waals surface area contributed by atoms with E-state index in [9.17, 15) is 0 Å². The van der Waals surface area contributed by atoms with Crippen molar-refractivity contribution in [2.45, 2.75) is 26.3 Å². The summed E-state index contributed by atoms with van der Waals surface area (Å²) in [5, 5.41) is 3.19. The molecule has 0 amide bonds. The van der Waals surface area contributed by atoms with E-state index in [1.165, 1.54) is 0 Å². The molecule has 0 aromatic carbocycles. The smallest absolute Gasteiger partial charge is 0.144 e. The predicted molar refractivity (Wildman–Crippen MR) is 49.8 cm³/mol. The van der Waals surface area contributed by atoms with Crippen LogP contribution in [0.4, 0.5) is 11.6 Å². The van der Waals surface area contributed by atoms with Crippen LogP contribution < -0.4 is 11.1 Å². The highest BCUT2D eigenvalue weighted by Gasteiger charge is 1.98. The van der Waals surface area contributed by atoms with Crippen LogP contribution in [0, 0.1) is 0 Å². The highest BCUT2D eigenvalue weighted by Crippen LogP contribution is 2.04. The van der Waals surface area contributed by atoms with E-state index in [1.54, 1.807) is 12.4 Å². The first-order valence-corrected chi connectivity index (χ1v) is 4.06. The maximum atomic E-state index is 5.39. The van der Waals surface area contributed by atoms with E-state index in [4.69, 9.17) is 5.73 Å². The Hall–Kier alpha value is -1.32. The van der Waals surface area contributed by atoms with E-state index in [0.717, 1.165) is 12.2 Å². The van der Waals surface area contributed by atoms with E-state index in [0.29, 0.717) is 11.9 Å². The number of nitrogens with one attached hydrogen (secondary N) is 1. The molecule has 0 aliphatic heterocycles. The molecule has 0 saturated heterocycles. The van der Waals surface area contributed by atoms with Gasteiger partial charge in [-0.25, -0.2) is 9.97 Å². The Morgan fingerprint density at radius 2 is 2.25 bits per heavy atom. The van der Waals surface area contributed by atoms with Gasteiger partial charge in [-0.3, -0.25) is 0 Å². The first-order valence-electron chi connectivity index (χ1n) is 4.06. The molecular formula is C8H14N4. The number of hydrogen-bond donors (Lipinski definition) is 2. The number of anilines is 2. The minimum absolute atomic E-state index is 0.419. The van der Waals surface area contributed by atoms with Gasteiger partial charge in [-0.15, -0.1) is 0 Å². The molecule has 0 aliphatic rings. The first-order chi connectivity index (χ1) is 5.72. The van der Waals surface area contributed by atoms with Crippen LogP contribution in [0.1, 0.15) is 20.3 Å². The number of nitrogens with two attached hydrogens (primary N) is 1. The summed E-state index contributed by atoms with van der Waals surface area (Å²) in [6.45, 7) is 4.21. The normalized spacial score (nSPS) is 12.5. The molecular weight excluding hydrogens is 152 g/mol. The summed E-state index contributed by atoms with van der Waals surface area (Å²) >= 11 is 0. The summed E-state index contributed by atoms with van der Waals surface area (Å²) in [6, 6.07) is 0.419. The summed E-state index contributed by atoms with van der Waals surface area (Å²) < 4.78 is 0. The van der Waals surface area contributed by atoms with Crippen LogP contribution in [0.3, 0.4) is 0 Å². The SMILES string of the molecule is CCC(C)Nc1cnc(N)cn1. The Morgan fingerprint density at radius 1 is 1.50 bits per heavy atom. The van der Waals surface area contributed by atoms with Gasteiger partial charge in [0, 0.05) is 6.04 Å². The van der Waals surface area contributed by atoms with E-state index < -0.39 is 0 Å². The second-order valence-electron chi connectivity index (χ2n) is 2.78. The second-order valence-corrected chi connectivity index (χ2v) is 2.78. The van der Waals surface area contributed by atoms with Gasteiger partial charge in [0.05, 0.1) is 12.4 Å². The monoisotopic (exact) mass is 166 g/mol. The van der Waals surface area contributed by atoms with E-state index in [2.05, 4.69) is 29.1 Å². The van der Waals surface area contributed by atoms with Gasteiger partial charge in [0.25, 0.3) is 0 Å². The van der Waals surface area contributed by atoms with Crippen molar-refractivity contribution in [2.24, 2.45) is 0 Å². The van der Waals surface area contributed by atoms with Gasteiger partial charge in [0.1, 0.15) is 11.6 Å². The molecule has 3 N–H and O–H groups in total. The van der Waals surface area contributed by atoms with Gasteiger partial charge in [-0.2, -0.15) is 0 Å². The van der Waals surface area contributed by atoms with E-state index >= 15 is 0 Å². The lowest BCUT2D eigenvalue weighted by molar-refractivity contribution is 0.758. The third-order valence-electron chi connectivity index (χ3n) is 1.68. The molecule has 0 bridgehead atoms. The summed E-state index contributed by atoms with van der Waals surface area (Å²) in [6.07, 6.45) is 4.25. The van der Waals surface area contributed by atoms with Crippen molar-refractivity contribution in [1.82, 2.24) is 9.97 Å². The van der Waals surface area contributed by atoms with Gasteiger partial charge in [0.15, 0.2) is 0 Å². The molecule has 1 rings (SSSR count). The fraction of sp³-hybridized carbons (Fsp3) is 0.500. The third kappa shape index (κ3) is 2.38. The number of nitrogen functional groups attached to an aromatic ring is 1. The van der Waals surface area contributed by atoms with Crippen molar-refractivity contribution in [2.75, 3.05) is 11.1 Å². The molecule has 66 valence electrons. The molecule has 1 atom stereocenters. The minimum atomic E-state index is 0.419. The molecule has 1 heterocycles. The Morgan fingerprint density at radius 3 is 2.75 bits per heavy atom. The minimum Gasteiger partial charge on any atom is -0.382 e. The van der Waals surface area contributed by atoms with Crippen LogP contribution in [0.5, 0.6) is 0 Å². The maximum Gasteiger partial charge on any atom is 0.144 e. The zero-order chi connectivity index (χ0) is 8.97. The molecule has 4 nitrogen and oxygen atoms in total. The average molecular weight is 166 g/mol. The van der Waals surface area contributed by atoms with Crippen LogP contribution in [0.15, 0.2) is 12.4 Å². The zero-order valence-electron chi connectivity index (χ0n) is 7.41. The fourth-order valence-corrected chi connectivity index (χ4v) is 0.767. The molecule has 0 saturated carbocycles. The highest BCUT2D eigenvalue weighted by atomic mass is 15.0. The molecule has 4 heteroatoms. The standard InChI is InChI=1S/C8H14N4/c1-3-6(2)12-8-5-10-7(9)4-11-8/h4-6H,3H2,1-2H3,(H2,9,10)(H,11,12). The van der Waals surface area contributed by atoms with Gasteiger partial charge >= 0.3 is 0 Å². The van der Waals surface area contributed by atoms with Crippen LogP contribution in [-0.4, -0.2) is 16.0 Å². The zero-order valence-corrected chi connectivity index (χ0v) is 7.41. The van der Waals surface area contributed by atoms with Crippen LogP contribution in [-0.2, 0) is 0 Å². The predicted octanol–water partition coefficient (Wildman–Crippen LogP) is 1.27. The van der Waals surface area contributed by atoms with Crippen molar-refractivity contribution in [1.29, 1.82) is 0 Å². The van der Waals surface area contributed by atoms with E-state index in [-0.39, 0.29) is 0 Å². The average Bonchev–Trinajstić information content (AvgIpc) is 2.09. The molecule has 12 heavy (non-hydrogen) atoms. The molecule has 0 spiro atoms. The lowest BCUT2D eigenvalue weighted by Gasteiger charge is -2.10. The van der Waals surface area contributed by atoms with E-state index in [1.807, 2.05) is 0 Å². The molecule has 1 aromatic rings. The Labute approximate surface area is 72.2 Å². The number of rotatable bonds is 3. The summed E-state index contributed by atoms with van der Waals surface area (Å²) in [5.41, 5.74) is 5.39. The summed E-state index contributed by atoms with van der Waals surface area (Å²) in [4.78, 5) is 7.99. The Kier molecular flexibility index (Phi) is 2.85. The van der Waals surface area contributed by atoms with Crippen LogP contribution in [0.25, 0.3) is 0 Å². The van der Waals surface area contributed by atoms with Gasteiger partial charge in [-0.05, 0) is 13.3 Å². The largest absolute Gasteiger partial charge is 0.382 e. The van der Waals surface area contributed by atoms with Crippen molar-refractivity contribution < 1.29 is 0 Å². The number of nitrogens with zero attached hydrogens (tertiary/aromatic N) is 2. The molecule has 0 fully saturated rings.